The highest BCUT2D eigenvalue weighted by molar-refractivity contribution is 5.97. The summed E-state index contributed by atoms with van der Waals surface area (Å²) in [5.41, 5.74) is 0. The van der Waals surface area contributed by atoms with Crippen LogP contribution in [0, 0.1) is 5.92 Å². The molecule has 0 aromatic carbocycles. The van der Waals surface area contributed by atoms with Gasteiger partial charge in [-0.05, 0) is 38.1 Å². The molecule has 3 fully saturated rings. The highest BCUT2D eigenvalue weighted by Crippen LogP contribution is 2.24. The fourth-order valence-corrected chi connectivity index (χ4v) is 3.93. The van der Waals surface area contributed by atoms with Crippen LogP contribution in [0.4, 0.5) is 0 Å². The highest BCUT2D eigenvalue weighted by atomic mass is 16.2. The first-order chi connectivity index (χ1) is 11.5. The van der Waals surface area contributed by atoms with Crippen LogP contribution in [-0.2, 0) is 14.4 Å². The summed E-state index contributed by atoms with van der Waals surface area (Å²) in [4.78, 5) is 39.0. The second-order valence-corrected chi connectivity index (χ2v) is 7.51. The molecule has 0 saturated carbocycles. The van der Waals surface area contributed by atoms with Gasteiger partial charge in [0.05, 0.1) is 6.04 Å². The highest BCUT2D eigenvalue weighted by Gasteiger charge is 2.45. The van der Waals surface area contributed by atoms with Gasteiger partial charge in [-0.25, -0.2) is 0 Å². The maximum absolute atomic E-state index is 12.5. The fraction of sp³-hybridized carbons (Fsp3) is 0.824. The fourth-order valence-electron chi connectivity index (χ4n) is 3.93. The Bertz CT molecular complexity index is 516. The normalized spacial score (nSPS) is 33.9. The number of piperazine rings is 1. The van der Waals surface area contributed by atoms with Crippen molar-refractivity contribution in [3.8, 4) is 0 Å². The van der Waals surface area contributed by atoms with E-state index in [9.17, 15) is 14.4 Å². The van der Waals surface area contributed by atoms with Crippen LogP contribution in [0.15, 0.2) is 0 Å². The Labute approximate surface area is 142 Å². The van der Waals surface area contributed by atoms with Crippen molar-refractivity contribution in [3.63, 3.8) is 0 Å². The number of nitrogens with zero attached hydrogens (tertiary/aromatic N) is 1. The maximum Gasteiger partial charge on any atom is 0.246 e. The minimum atomic E-state index is -0.453. The van der Waals surface area contributed by atoms with Gasteiger partial charge in [-0.2, -0.15) is 0 Å². The van der Waals surface area contributed by atoms with Crippen LogP contribution < -0.4 is 16.0 Å². The minimum Gasteiger partial charge on any atom is -0.352 e. The van der Waals surface area contributed by atoms with Crippen molar-refractivity contribution in [1.82, 2.24) is 20.9 Å². The number of amides is 3. The molecule has 4 unspecified atom stereocenters. The summed E-state index contributed by atoms with van der Waals surface area (Å²) in [6.07, 6.45) is 4.26. The maximum atomic E-state index is 12.5. The molecule has 0 bridgehead atoms. The van der Waals surface area contributed by atoms with Crippen molar-refractivity contribution in [2.45, 2.75) is 70.1 Å². The van der Waals surface area contributed by atoms with E-state index in [0.29, 0.717) is 19.4 Å². The molecule has 3 aliphatic heterocycles. The molecule has 7 heteroatoms. The third kappa shape index (κ3) is 3.41. The van der Waals surface area contributed by atoms with Crippen molar-refractivity contribution in [2.24, 2.45) is 5.92 Å². The first kappa shape index (κ1) is 17.2. The summed E-state index contributed by atoms with van der Waals surface area (Å²) in [6, 6.07) is -1.04. The second kappa shape index (κ2) is 7.09. The Morgan fingerprint density at radius 3 is 2.71 bits per heavy atom. The van der Waals surface area contributed by atoms with Gasteiger partial charge in [0.25, 0.3) is 0 Å². The largest absolute Gasteiger partial charge is 0.352 e. The number of hydrogen-bond acceptors (Lipinski definition) is 4. The van der Waals surface area contributed by atoms with Crippen molar-refractivity contribution in [1.29, 1.82) is 0 Å². The molecule has 24 heavy (non-hydrogen) atoms. The van der Waals surface area contributed by atoms with Gasteiger partial charge in [0, 0.05) is 12.6 Å². The molecule has 0 spiro atoms. The van der Waals surface area contributed by atoms with Gasteiger partial charge in [0.2, 0.25) is 17.7 Å². The van der Waals surface area contributed by atoms with Crippen LogP contribution in [0.1, 0.15) is 46.0 Å². The van der Waals surface area contributed by atoms with Gasteiger partial charge in [-0.15, -0.1) is 0 Å². The van der Waals surface area contributed by atoms with E-state index in [0.717, 1.165) is 25.8 Å². The zero-order valence-electron chi connectivity index (χ0n) is 14.5. The van der Waals surface area contributed by atoms with E-state index in [2.05, 4.69) is 16.0 Å². The van der Waals surface area contributed by atoms with E-state index in [1.165, 1.54) is 0 Å². The SMILES string of the molecule is CC(C)C1NC(=O)C2CC(NC(=O)C3CCCCN3)CCN2C1=O. The zero-order valence-corrected chi connectivity index (χ0v) is 14.5. The van der Waals surface area contributed by atoms with Gasteiger partial charge < -0.3 is 20.9 Å². The summed E-state index contributed by atoms with van der Waals surface area (Å²) < 4.78 is 0. The third-order valence-electron chi connectivity index (χ3n) is 5.39. The smallest absolute Gasteiger partial charge is 0.246 e. The summed E-state index contributed by atoms with van der Waals surface area (Å²) in [5, 5.41) is 9.16. The van der Waals surface area contributed by atoms with E-state index in [-0.39, 0.29) is 35.7 Å². The van der Waals surface area contributed by atoms with Gasteiger partial charge >= 0.3 is 0 Å². The van der Waals surface area contributed by atoms with E-state index < -0.39 is 12.1 Å². The summed E-state index contributed by atoms with van der Waals surface area (Å²) in [6.45, 7) is 5.29. The molecular formula is C17H28N4O3. The van der Waals surface area contributed by atoms with Crippen LogP contribution in [0.3, 0.4) is 0 Å². The summed E-state index contributed by atoms with van der Waals surface area (Å²) in [5.74, 6) is 0.0179. The Morgan fingerprint density at radius 2 is 2.04 bits per heavy atom. The van der Waals surface area contributed by atoms with E-state index in [1.54, 1.807) is 4.90 Å². The molecule has 0 radical (unpaired) electrons. The molecule has 3 saturated heterocycles. The van der Waals surface area contributed by atoms with Crippen LogP contribution in [0.5, 0.6) is 0 Å². The molecule has 4 atom stereocenters. The Balaban J connectivity index is 1.59. The molecule has 134 valence electrons. The lowest BCUT2D eigenvalue weighted by Gasteiger charge is -2.45. The lowest BCUT2D eigenvalue weighted by atomic mass is 9.90. The predicted octanol–water partition coefficient (Wildman–Crippen LogP) is -0.241. The quantitative estimate of drug-likeness (QED) is 0.663. The van der Waals surface area contributed by atoms with Crippen molar-refractivity contribution in [3.05, 3.63) is 0 Å². The molecule has 7 nitrogen and oxygen atoms in total. The monoisotopic (exact) mass is 336 g/mol. The number of piperidine rings is 2. The van der Waals surface area contributed by atoms with E-state index >= 15 is 0 Å². The van der Waals surface area contributed by atoms with Crippen molar-refractivity contribution < 1.29 is 14.4 Å². The van der Waals surface area contributed by atoms with Crippen molar-refractivity contribution >= 4 is 17.7 Å². The van der Waals surface area contributed by atoms with Crippen molar-refractivity contribution in [2.75, 3.05) is 13.1 Å². The molecular weight excluding hydrogens is 308 g/mol. The standard InChI is InChI=1S/C17H28N4O3/c1-10(2)14-17(24)21-8-6-11(9-13(21)16(23)20-14)19-15(22)12-5-3-4-7-18-12/h10-14,18H,3-9H2,1-2H3,(H,19,22)(H,20,23). The van der Waals surface area contributed by atoms with E-state index in [1.807, 2.05) is 13.8 Å². The van der Waals surface area contributed by atoms with Crippen LogP contribution in [-0.4, -0.2) is 59.9 Å². The lowest BCUT2D eigenvalue weighted by Crippen LogP contribution is -2.68. The molecule has 3 aliphatic rings. The lowest BCUT2D eigenvalue weighted by molar-refractivity contribution is -0.153. The number of carbonyl (C=O) groups is 3. The topological polar surface area (TPSA) is 90.5 Å². The summed E-state index contributed by atoms with van der Waals surface area (Å²) >= 11 is 0. The Hall–Kier alpha value is -1.63. The van der Waals surface area contributed by atoms with Crippen LogP contribution in [0.25, 0.3) is 0 Å². The Kier molecular flexibility index (Phi) is 5.08. The zero-order chi connectivity index (χ0) is 17.3. The molecule has 0 aliphatic carbocycles. The average molecular weight is 336 g/mol. The van der Waals surface area contributed by atoms with Crippen LogP contribution in [0.2, 0.25) is 0 Å². The molecule has 0 aromatic heterocycles. The number of hydrogen-bond donors (Lipinski definition) is 3. The van der Waals surface area contributed by atoms with Crippen LogP contribution >= 0.6 is 0 Å². The first-order valence-electron chi connectivity index (χ1n) is 9.12. The van der Waals surface area contributed by atoms with E-state index in [4.69, 9.17) is 0 Å². The molecule has 3 rings (SSSR count). The number of rotatable bonds is 3. The molecule has 3 N–H and O–H groups in total. The predicted molar refractivity (Wildman–Crippen MR) is 89.1 cm³/mol. The average Bonchev–Trinajstić information content (AvgIpc) is 2.58. The molecule has 3 heterocycles. The number of fused-ring (bicyclic) bond motifs is 1. The van der Waals surface area contributed by atoms with Gasteiger partial charge in [-0.3, -0.25) is 14.4 Å². The molecule has 3 amide bonds. The molecule has 0 aromatic rings. The van der Waals surface area contributed by atoms with Gasteiger partial charge in [-0.1, -0.05) is 20.3 Å². The minimum absolute atomic E-state index is 0.00771. The van der Waals surface area contributed by atoms with Gasteiger partial charge in [0.1, 0.15) is 12.1 Å². The second-order valence-electron chi connectivity index (χ2n) is 7.51. The van der Waals surface area contributed by atoms with Gasteiger partial charge in [0.15, 0.2) is 0 Å². The summed E-state index contributed by atoms with van der Waals surface area (Å²) in [7, 11) is 0. The number of nitrogens with one attached hydrogen (secondary N) is 3. The Morgan fingerprint density at radius 1 is 1.25 bits per heavy atom. The first-order valence-corrected chi connectivity index (χ1v) is 9.12. The number of carbonyl (C=O) groups excluding carboxylic acids is 3. The third-order valence-corrected chi connectivity index (χ3v) is 5.39.